The van der Waals surface area contributed by atoms with Gasteiger partial charge in [-0.2, -0.15) is 5.10 Å². The van der Waals surface area contributed by atoms with Gasteiger partial charge in [-0.15, -0.1) is 0 Å². The lowest BCUT2D eigenvalue weighted by Crippen LogP contribution is -2.10. The van der Waals surface area contributed by atoms with Crippen LogP contribution < -0.4 is 5.56 Å². The Morgan fingerprint density at radius 2 is 1.97 bits per heavy atom. The Bertz CT molecular complexity index is 1410. The van der Waals surface area contributed by atoms with E-state index in [9.17, 15) is 4.79 Å². The molecule has 0 saturated heterocycles. The number of nitrogens with one attached hydrogen (secondary N) is 1. The molecule has 3 aromatic heterocycles. The molecule has 0 bridgehead atoms. The van der Waals surface area contributed by atoms with Crippen LogP contribution in [0.3, 0.4) is 0 Å². The Hall–Kier alpha value is -3.10. The van der Waals surface area contributed by atoms with Crippen LogP contribution in [0.2, 0.25) is 5.02 Å². The minimum atomic E-state index is -0.212. The highest BCUT2D eigenvalue weighted by atomic mass is 35.5. The van der Waals surface area contributed by atoms with E-state index in [2.05, 4.69) is 20.1 Å². The van der Waals surface area contributed by atoms with Crippen molar-refractivity contribution in [2.45, 2.75) is 10.9 Å². The van der Waals surface area contributed by atoms with Gasteiger partial charge in [-0.25, -0.2) is 14.6 Å². The van der Waals surface area contributed by atoms with Crippen molar-refractivity contribution in [1.29, 1.82) is 0 Å². The number of halogens is 1. The fourth-order valence-electron chi connectivity index (χ4n) is 3.21. The molecular formula is C20H15ClN6OS. The second-order valence-electron chi connectivity index (χ2n) is 6.51. The van der Waals surface area contributed by atoms with Crippen molar-refractivity contribution in [1.82, 2.24) is 29.3 Å². The van der Waals surface area contributed by atoms with Crippen molar-refractivity contribution in [3.05, 3.63) is 75.9 Å². The van der Waals surface area contributed by atoms with Crippen LogP contribution in [0.15, 0.2) is 64.7 Å². The van der Waals surface area contributed by atoms with Gasteiger partial charge >= 0.3 is 0 Å². The van der Waals surface area contributed by atoms with Gasteiger partial charge in [0.1, 0.15) is 11.2 Å². The van der Waals surface area contributed by atoms with Crippen LogP contribution in [0, 0.1) is 0 Å². The number of aromatic amines is 1. The van der Waals surface area contributed by atoms with E-state index >= 15 is 0 Å². The van der Waals surface area contributed by atoms with Crippen LogP contribution in [0.5, 0.6) is 0 Å². The maximum atomic E-state index is 12.5. The summed E-state index contributed by atoms with van der Waals surface area (Å²) in [7, 11) is 1.96. The van der Waals surface area contributed by atoms with Crippen LogP contribution >= 0.6 is 23.4 Å². The number of hydrogen-bond donors (Lipinski definition) is 1. The van der Waals surface area contributed by atoms with Crippen molar-refractivity contribution in [2.24, 2.45) is 7.05 Å². The number of aryl methyl sites for hydroxylation is 1. The fourth-order valence-corrected chi connectivity index (χ4v) is 4.22. The summed E-state index contributed by atoms with van der Waals surface area (Å²) in [4.78, 5) is 24.6. The molecule has 0 atom stereocenters. The Labute approximate surface area is 174 Å². The predicted octanol–water partition coefficient (Wildman–Crippen LogP) is 3.94. The molecule has 0 aliphatic carbocycles. The maximum absolute atomic E-state index is 12.5. The Morgan fingerprint density at radius 1 is 1.14 bits per heavy atom. The number of fused-ring (bicyclic) bond motifs is 2. The highest BCUT2D eigenvalue weighted by molar-refractivity contribution is 7.98. The van der Waals surface area contributed by atoms with Gasteiger partial charge in [-0.1, -0.05) is 41.6 Å². The van der Waals surface area contributed by atoms with Gasteiger partial charge in [0.15, 0.2) is 10.8 Å². The number of H-pyrrole nitrogens is 1. The van der Waals surface area contributed by atoms with Gasteiger partial charge in [0.25, 0.3) is 5.56 Å². The third-order valence-corrected chi connectivity index (χ3v) is 5.80. The molecule has 0 spiro atoms. The first-order valence-corrected chi connectivity index (χ1v) is 10.2. The zero-order chi connectivity index (χ0) is 20.0. The molecule has 29 heavy (non-hydrogen) atoms. The Kier molecular flexibility index (Phi) is 4.37. The maximum Gasteiger partial charge on any atom is 0.262 e. The molecule has 5 aromatic rings. The molecule has 5 rings (SSSR count). The summed E-state index contributed by atoms with van der Waals surface area (Å²) in [6, 6.07) is 15.3. The number of rotatable bonds is 4. The van der Waals surface area contributed by atoms with E-state index in [0.29, 0.717) is 27.0 Å². The molecule has 144 valence electrons. The second kappa shape index (κ2) is 7.06. The quantitative estimate of drug-likeness (QED) is 0.350. The summed E-state index contributed by atoms with van der Waals surface area (Å²) < 4.78 is 3.69. The lowest BCUT2D eigenvalue weighted by atomic mass is 10.3. The summed E-state index contributed by atoms with van der Waals surface area (Å²) in [5.74, 6) is 1.42. The molecule has 0 aliphatic rings. The normalized spacial score (nSPS) is 11.5. The summed E-state index contributed by atoms with van der Waals surface area (Å²) in [5.41, 5.74) is 3.01. The summed E-state index contributed by atoms with van der Waals surface area (Å²) in [6.45, 7) is 0. The van der Waals surface area contributed by atoms with E-state index in [1.54, 1.807) is 4.68 Å². The first kappa shape index (κ1) is 18.0. The molecule has 1 N–H and O–H groups in total. The summed E-state index contributed by atoms with van der Waals surface area (Å²) in [6.07, 6.45) is 1.54. The molecular weight excluding hydrogens is 408 g/mol. The summed E-state index contributed by atoms with van der Waals surface area (Å²) >= 11 is 7.49. The molecule has 3 heterocycles. The van der Waals surface area contributed by atoms with Crippen molar-refractivity contribution >= 4 is 45.4 Å². The van der Waals surface area contributed by atoms with Crippen LogP contribution in [-0.2, 0) is 12.8 Å². The largest absolute Gasteiger partial charge is 0.330 e. The van der Waals surface area contributed by atoms with Gasteiger partial charge in [0, 0.05) is 12.1 Å². The predicted molar refractivity (Wildman–Crippen MR) is 115 cm³/mol. The highest BCUT2D eigenvalue weighted by Gasteiger charge is 2.13. The van der Waals surface area contributed by atoms with Crippen molar-refractivity contribution < 1.29 is 0 Å². The van der Waals surface area contributed by atoms with Gasteiger partial charge in [0.05, 0.1) is 28.7 Å². The monoisotopic (exact) mass is 422 g/mol. The average molecular weight is 423 g/mol. The topological polar surface area (TPSA) is 81.4 Å². The van der Waals surface area contributed by atoms with Gasteiger partial charge in [-0.05, 0) is 30.3 Å². The van der Waals surface area contributed by atoms with Crippen LogP contribution in [0.1, 0.15) is 5.82 Å². The number of benzene rings is 2. The standard InChI is InChI=1S/C20H15ClN6OS/c1-26-16-8-7-12(21)9-15(16)23-17(26)11-29-20-24-18-14(19(28)25-20)10-22-27(18)13-5-3-2-4-6-13/h2-10H,11H2,1H3,(H,24,25,28). The minimum Gasteiger partial charge on any atom is -0.330 e. The van der Waals surface area contributed by atoms with E-state index in [1.807, 2.05) is 60.1 Å². The zero-order valence-corrected chi connectivity index (χ0v) is 16.9. The molecule has 9 heteroatoms. The number of imidazole rings is 1. The van der Waals surface area contributed by atoms with Crippen LogP contribution in [-0.4, -0.2) is 29.3 Å². The molecule has 0 amide bonds. The molecule has 0 fully saturated rings. The van der Waals surface area contributed by atoms with Gasteiger partial charge in [0.2, 0.25) is 0 Å². The molecule has 7 nitrogen and oxygen atoms in total. The molecule has 2 aromatic carbocycles. The highest BCUT2D eigenvalue weighted by Crippen LogP contribution is 2.24. The van der Waals surface area contributed by atoms with E-state index in [0.717, 1.165) is 22.5 Å². The van der Waals surface area contributed by atoms with Crippen LogP contribution in [0.4, 0.5) is 0 Å². The number of thioether (sulfide) groups is 1. The Balaban J connectivity index is 1.50. The first-order valence-electron chi connectivity index (χ1n) is 8.87. The van der Waals surface area contributed by atoms with E-state index in [4.69, 9.17) is 11.6 Å². The first-order chi connectivity index (χ1) is 14.1. The molecule has 0 radical (unpaired) electrons. The molecule has 0 unspecified atom stereocenters. The molecule has 0 aliphatic heterocycles. The van der Waals surface area contributed by atoms with Crippen LogP contribution in [0.25, 0.3) is 27.8 Å². The number of para-hydroxylation sites is 1. The third-order valence-electron chi connectivity index (χ3n) is 4.69. The Morgan fingerprint density at radius 3 is 2.79 bits per heavy atom. The average Bonchev–Trinajstić information content (AvgIpc) is 3.28. The lowest BCUT2D eigenvalue weighted by Gasteiger charge is -2.05. The minimum absolute atomic E-state index is 0.212. The lowest BCUT2D eigenvalue weighted by molar-refractivity contribution is 0.863. The second-order valence-corrected chi connectivity index (χ2v) is 7.91. The van der Waals surface area contributed by atoms with Crippen molar-refractivity contribution in [3.63, 3.8) is 0 Å². The van der Waals surface area contributed by atoms with Gasteiger partial charge < -0.3 is 9.55 Å². The third kappa shape index (κ3) is 3.20. The number of nitrogens with zero attached hydrogens (tertiary/aromatic N) is 5. The van der Waals surface area contributed by atoms with E-state index < -0.39 is 0 Å². The van der Waals surface area contributed by atoms with Crippen molar-refractivity contribution in [2.75, 3.05) is 0 Å². The summed E-state index contributed by atoms with van der Waals surface area (Å²) in [5, 5.41) is 5.96. The smallest absolute Gasteiger partial charge is 0.262 e. The fraction of sp³-hybridized carbons (Fsp3) is 0.100. The number of aromatic nitrogens is 6. The SMILES string of the molecule is Cn1c(CSc2nc3c(cnn3-c3ccccc3)c(=O)[nH]2)nc2cc(Cl)ccc21. The van der Waals surface area contributed by atoms with E-state index in [1.165, 1.54) is 18.0 Å². The van der Waals surface area contributed by atoms with Gasteiger partial charge in [-0.3, -0.25) is 4.79 Å². The van der Waals surface area contributed by atoms with E-state index in [-0.39, 0.29) is 5.56 Å². The zero-order valence-electron chi connectivity index (χ0n) is 15.3. The molecule has 0 saturated carbocycles. The number of hydrogen-bond acceptors (Lipinski definition) is 5. The van der Waals surface area contributed by atoms with Crippen molar-refractivity contribution in [3.8, 4) is 5.69 Å².